The third kappa shape index (κ3) is 3.77. The van der Waals surface area contributed by atoms with Gasteiger partial charge >= 0.3 is 0 Å². The second kappa shape index (κ2) is 5.90. The summed E-state index contributed by atoms with van der Waals surface area (Å²) >= 11 is 0. The van der Waals surface area contributed by atoms with Gasteiger partial charge in [0.2, 0.25) is 10.0 Å². The first-order valence-electron chi connectivity index (χ1n) is 5.98. The third-order valence-electron chi connectivity index (χ3n) is 2.79. The lowest BCUT2D eigenvalue weighted by Crippen LogP contribution is -2.24. The number of hydrogen-bond acceptors (Lipinski definition) is 5. The summed E-state index contributed by atoms with van der Waals surface area (Å²) in [6.07, 6.45) is 1.50. The molecule has 0 spiro atoms. The van der Waals surface area contributed by atoms with Gasteiger partial charge in [0, 0.05) is 12.7 Å². The molecule has 0 radical (unpaired) electrons. The van der Waals surface area contributed by atoms with E-state index in [9.17, 15) is 13.2 Å². The van der Waals surface area contributed by atoms with Gasteiger partial charge in [-0.25, -0.2) is 18.5 Å². The van der Waals surface area contributed by atoms with E-state index in [2.05, 4.69) is 10.3 Å². The number of anilines is 1. The fourth-order valence-electron chi connectivity index (χ4n) is 1.68. The Kier molecular flexibility index (Phi) is 4.20. The van der Waals surface area contributed by atoms with Crippen LogP contribution in [0.4, 0.5) is 5.82 Å². The average Bonchev–Trinajstić information content (AvgIpc) is 2.45. The normalized spacial score (nSPS) is 11.1. The van der Waals surface area contributed by atoms with Crippen LogP contribution in [-0.2, 0) is 16.6 Å². The Morgan fingerprint density at radius 1 is 1.19 bits per heavy atom. The maximum absolute atomic E-state index is 11.9. The van der Waals surface area contributed by atoms with Gasteiger partial charge in [-0.05, 0) is 29.8 Å². The van der Waals surface area contributed by atoms with Crippen LogP contribution in [-0.4, -0.2) is 19.3 Å². The highest BCUT2D eigenvalue weighted by Gasteiger charge is 2.10. The van der Waals surface area contributed by atoms with Gasteiger partial charge in [-0.3, -0.25) is 4.79 Å². The van der Waals surface area contributed by atoms with E-state index in [4.69, 9.17) is 10.9 Å². The molecule has 8 heteroatoms. The molecule has 2 rings (SSSR count). The number of pyridine rings is 1. The summed E-state index contributed by atoms with van der Waals surface area (Å²) in [4.78, 5) is 15.8. The van der Waals surface area contributed by atoms with Crippen LogP contribution in [0, 0.1) is 0 Å². The number of carbonyl (C=O) groups excluding carboxylic acids is 1. The zero-order chi connectivity index (χ0) is 15.5. The molecule has 1 aromatic heterocycles. The Hall–Kier alpha value is -2.45. The maximum Gasteiger partial charge on any atom is 0.255 e. The van der Waals surface area contributed by atoms with Gasteiger partial charge < -0.3 is 11.1 Å². The number of primary sulfonamides is 1. The Balaban J connectivity index is 2.04. The molecule has 0 aliphatic carbocycles. The van der Waals surface area contributed by atoms with Crippen LogP contribution in [0.15, 0.2) is 47.5 Å². The molecule has 0 bridgehead atoms. The van der Waals surface area contributed by atoms with Crippen LogP contribution in [0.1, 0.15) is 15.9 Å². The first-order valence-corrected chi connectivity index (χ1v) is 7.53. The molecule has 0 aliphatic rings. The Morgan fingerprint density at radius 3 is 2.43 bits per heavy atom. The van der Waals surface area contributed by atoms with Crippen LogP contribution in [0.5, 0.6) is 0 Å². The van der Waals surface area contributed by atoms with Crippen LogP contribution in [0.2, 0.25) is 0 Å². The number of carbonyl (C=O) groups is 1. The van der Waals surface area contributed by atoms with Gasteiger partial charge in [-0.15, -0.1) is 0 Å². The van der Waals surface area contributed by atoms with Gasteiger partial charge in [-0.2, -0.15) is 0 Å². The van der Waals surface area contributed by atoms with Crippen molar-refractivity contribution in [2.24, 2.45) is 5.14 Å². The average molecular weight is 306 g/mol. The van der Waals surface area contributed by atoms with Gasteiger partial charge in [0.15, 0.2) is 0 Å². The Morgan fingerprint density at radius 2 is 1.86 bits per heavy atom. The molecule has 21 heavy (non-hydrogen) atoms. The highest BCUT2D eigenvalue weighted by atomic mass is 32.2. The minimum absolute atomic E-state index is 0.0223. The lowest BCUT2D eigenvalue weighted by Gasteiger charge is -2.07. The standard InChI is InChI=1S/C13H14N4O3S/c14-12-11(2-1-7-16-12)13(18)17-8-9-3-5-10(6-4-9)21(15,19)20/h1-7H,8H2,(H2,14,16)(H,17,18)(H2,15,19,20). The van der Waals surface area contributed by atoms with Gasteiger partial charge in [0.1, 0.15) is 5.82 Å². The zero-order valence-corrected chi connectivity index (χ0v) is 11.8. The van der Waals surface area contributed by atoms with Crippen molar-refractivity contribution in [1.82, 2.24) is 10.3 Å². The highest BCUT2D eigenvalue weighted by Crippen LogP contribution is 2.10. The van der Waals surface area contributed by atoms with E-state index in [1.807, 2.05) is 0 Å². The number of nitrogens with zero attached hydrogens (tertiary/aromatic N) is 1. The van der Waals surface area contributed by atoms with Crippen molar-refractivity contribution < 1.29 is 13.2 Å². The lowest BCUT2D eigenvalue weighted by molar-refractivity contribution is 0.0951. The molecule has 0 saturated heterocycles. The molecule has 0 saturated carbocycles. The Labute approximate surface area is 122 Å². The summed E-state index contributed by atoms with van der Waals surface area (Å²) in [5.74, 6) is -0.198. The lowest BCUT2D eigenvalue weighted by atomic mass is 10.2. The molecule has 1 heterocycles. The molecule has 1 aromatic carbocycles. The number of hydrogen-bond donors (Lipinski definition) is 3. The van der Waals surface area contributed by atoms with Crippen LogP contribution in [0.3, 0.4) is 0 Å². The number of rotatable bonds is 4. The van der Waals surface area contributed by atoms with E-state index in [0.29, 0.717) is 5.56 Å². The number of amides is 1. The van der Waals surface area contributed by atoms with Crippen LogP contribution >= 0.6 is 0 Å². The molecule has 0 unspecified atom stereocenters. The van der Waals surface area contributed by atoms with Crippen molar-refractivity contribution in [2.75, 3.05) is 5.73 Å². The van der Waals surface area contributed by atoms with Crippen molar-refractivity contribution in [3.8, 4) is 0 Å². The molecule has 5 N–H and O–H groups in total. The second-order valence-corrected chi connectivity index (χ2v) is 5.87. The predicted octanol–water partition coefficient (Wildman–Crippen LogP) is 0.241. The predicted molar refractivity (Wildman–Crippen MR) is 77.6 cm³/mol. The van der Waals surface area contributed by atoms with E-state index in [1.165, 1.54) is 18.3 Å². The number of aromatic nitrogens is 1. The van der Waals surface area contributed by atoms with Crippen LogP contribution in [0.25, 0.3) is 0 Å². The summed E-state index contributed by atoms with van der Waals surface area (Å²) in [5, 5.41) is 7.68. The third-order valence-corrected chi connectivity index (χ3v) is 3.72. The monoisotopic (exact) mass is 306 g/mol. The first kappa shape index (κ1) is 14.9. The molecule has 1 amide bonds. The summed E-state index contributed by atoms with van der Waals surface area (Å²) in [6.45, 7) is 0.234. The largest absolute Gasteiger partial charge is 0.383 e. The minimum Gasteiger partial charge on any atom is -0.383 e. The van der Waals surface area contributed by atoms with Crippen molar-refractivity contribution in [3.05, 3.63) is 53.7 Å². The zero-order valence-electron chi connectivity index (χ0n) is 11.0. The summed E-state index contributed by atoms with van der Waals surface area (Å²) < 4.78 is 22.2. The molecule has 110 valence electrons. The fourth-order valence-corrected chi connectivity index (χ4v) is 2.20. The summed E-state index contributed by atoms with van der Waals surface area (Å²) in [7, 11) is -3.71. The topological polar surface area (TPSA) is 128 Å². The van der Waals surface area contributed by atoms with Crippen molar-refractivity contribution in [1.29, 1.82) is 0 Å². The molecule has 2 aromatic rings. The highest BCUT2D eigenvalue weighted by molar-refractivity contribution is 7.89. The van der Waals surface area contributed by atoms with Gasteiger partial charge in [0.25, 0.3) is 5.91 Å². The van der Waals surface area contributed by atoms with Crippen molar-refractivity contribution in [2.45, 2.75) is 11.4 Å². The molecular formula is C13H14N4O3S. The minimum atomic E-state index is -3.71. The Bertz CT molecular complexity index is 757. The van der Waals surface area contributed by atoms with E-state index in [1.54, 1.807) is 24.3 Å². The second-order valence-electron chi connectivity index (χ2n) is 4.31. The molecule has 7 nitrogen and oxygen atoms in total. The van der Waals surface area contributed by atoms with Gasteiger partial charge in [-0.1, -0.05) is 12.1 Å². The molecule has 0 fully saturated rings. The van der Waals surface area contributed by atoms with Crippen molar-refractivity contribution >= 4 is 21.7 Å². The fraction of sp³-hybridized carbons (Fsp3) is 0.0769. The van der Waals surface area contributed by atoms with E-state index < -0.39 is 10.0 Å². The number of nitrogen functional groups attached to an aromatic ring is 1. The first-order chi connectivity index (χ1) is 9.88. The number of nitrogens with two attached hydrogens (primary N) is 2. The van der Waals surface area contributed by atoms with E-state index in [0.717, 1.165) is 5.56 Å². The van der Waals surface area contributed by atoms with Gasteiger partial charge in [0.05, 0.1) is 10.5 Å². The summed E-state index contributed by atoms with van der Waals surface area (Å²) in [5.41, 5.74) is 6.63. The number of benzene rings is 1. The number of sulfonamides is 1. The molecule has 0 atom stereocenters. The summed E-state index contributed by atoms with van der Waals surface area (Å²) in [6, 6.07) is 9.11. The smallest absolute Gasteiger partial charge is 0.255 e. The maximum atomic E-state index is 11.9. The molecule has 0 aliphatic heterocycles. The van der Waals surface area contributed by atoms with E-state index in [-0.39, 0.29) is 23.2 Å². The van der Waals surface area contributed by atoms with E-state index >= 15 is 0 Å². The SMILES string of the molecule is Nc1ncccc1C(=O)NCc1ccc(S(N)(=O)=O)cc1. The van der Waals surface area contributed by atoms with Crippen LogP contribution < -0.4 is 16.2 Å². The quantitative estimate of drug-likeness (QED) is 0.745. The molecular weight excluding hydrogens is 292 g/mol. The number of nitrogens with one attached hydrogen (secondary N) is 1. The van der Waals surface area contributed by atoms with Crippen molar-refractivity contribution in [3.63, 3.8) is 0 Å².